The van der Waals surface area contributed by atoms with Crippen LogP contribution in [0, 0.1) is 12.7 Å². The van der Waals surface area contributed by atoms with E-state index in [9.17, 15) is 14.0 Å². The van der Waals surface area contributed by atoms with Gasteiger partial charge in [0.05, 0.1) is 11.3 Å². The van der Waals surface area contributed by atoms with Crippen molar-refractivity contribution < 1.29 is 19.1 Å². The minimum atomic E-state index is -1.21. The normalized spacial score (nSPS) is 10.3. The predicted molar refractivity (Wildman–Crippen MR) is 73.2 cm³/mol. The lowest BCUT2D eigenvalue weighted by Gasteiger charge is -2.05. The van der Waals surface area contributed by atoms with Crippen molar-refractivity contribution in [3.63, 3.8) is 0 Å². The van der Waals surface area contributed by atoms with Gasteiger partial charge in [0.1, 0.15) is 16.4 Å². The molecule has 1 aromatic heterocycles. The zero-order valence-corrected chi connectivity index (χ0v) is 11.7. The molecular formula is C12H8ClFN2O3S. The monoisotopic (exact) mass is 314 g/mol. The number of benzene rings is 1. The van der Waals surface area contributed by atoms with Crippen LogP contribution >= 0.6 is 23.1 Å². The molecule has 0 aliphatic rings. The number of anilines is 1. The van der Waals surface area contributed by atoms with Gasteiger partial charge in [0.25, 0.3) is 5.91 Å². The maximum absolute atomic E-state index is 13.5. The van der Waals surface area contributed by atoms with Gasteiger partial charge in [0, 0.05) is 5.02 Å². The van der Waals surface area contributed by atoms with E-state index in [0.29, 0.717) is 0 Å². The number of nitrogens with zero attached hydrogens (tertiary/aromatic N) is 1. The van der Waals surface area contributed by atoms with Crippen molar-refractivity contribution in [1.29, 1.82) is 0 Å². The summed E-state index contributed by atoms with van der Waals surface area (Å²) in [7, 11) is 0. The van der Waals surface area contributed by atoms with Crippen LogP contribution in [-0.2, 0) is 0 Å². The summed E-state index contributed by atoms with van der Waals surface area (Å²) in [5, 5.41) is 11.6. The summed E-state index contributed by atoms with van der Waals surface area (Å²) >= 11 is 6.52. The first kappa shape index (κ1) is 14.4. The third kappa shape index (κ3) is 2.78. The summed E-state index contributed by atoms with van der Waals surface area (Å²) < 4.78 is 17.4. The van der Waals surface area contributed by atoms with Crippen LogP contribution in [0.1, 0.15) is 26.4 Å². The molecule has 5 nitrogen and oxygen atoms in total. The van der Waals surface area contributed by atoms with Crippen molar-refractivity contribution in [2.24, 2.45) is 0 Å². The van der Waals surface area contributed by atoms with Gasteiger partial charge in [-0.3, -0.25) is 4.79 Å². The molecule has 0 atom stereocenters. The van der Waals surface area contributed by atoms with Gasteiger partial charge in [0.2, 0.25) is 0 Å². The highest BCUT2D eigenvalue weighted by Crippen LogP contribution is 2.25. The Kier molecular flexibility index (Phi) is 4.01. The van der Waals surface area contributed by atoms with E-state index < -0.39 is 17.7 Å². The molecule has 1 amide bonds. The predicted octanol–water partition coefficient (Wildman–Crippen LogP) is 3.19. The first-order valence-electron chi connectivity index (χ1n) is 5.36. The third-order valence-electron chi connectivity index (χ3n) is 2.48. The SMILES string of the molecule is Cc1nsc(NC(=O)c2cc(Cl)ccc2F)c1C(=O)O. The van der Waals surface area contributed by atoms with Crippen LogP contribution in [0.3, 0.4) is 0 Å². The highest BCUT2D eigenvalue weighted by molar-refractivity contribution is 7.11. The van der Waals surface area contributed by atoms with Crippen molar-refractivity contribution >= 4 is 40.0 Å². The van der Waals surface area contributed by atoms with E-state index in [1.807, 2.05) is 0 Å². The molecule has 8 heteroatoms. The summed E-state index contributed by atoms with van der Waals surface area (Å²) in [6.07, 6.45) is 0. The number of carbonyl (C=O) groups excluding carboxylic acids is 1. The molecular weight excluding hydrogens is 307 g/mol. The average Bonchev–Trinajstić information content (AvgIpc) is 2.73. The summed E-state index contributed by atoms with van der Waals surface area (Å²) in [6.45, 7) is 1.51. The molecule has 2 N–H and O–H groups in total. The Morgan fingerprint density at radius 3 is 2.80 bits per heavy atom. The third-order valence-corrected chi connectivity index (χ3v) is 3.57. The molecule has 104 valence electrons. The van der Waals surface area contributed by atoms with Crippen molar-refractivity contribution in [2.75, 3.05) is 5.32 Å². The van der Waals surface area contributed by atoms with Crippen LogP contribution in [-0.4, -0.2) is 21.4 Å². The van der Waals surface area contributed by atoms with Crippen LogP contribution in [0.2, 0.25) is 5.02 Å². The van der Waals surface area contributed by atoms with Gasteiger partial charge in [-0.1, -0.05) is 11.6 Å². The van der Waals surface area contributed by atoms with Crippen LogP contribution in [0.25, 0.3) is 0 Å². The highest BCUT2D eigenvalue weighted by Gasteiger charge is 2.21. The lowest BCUT2D eigenvalue weighted by molar-refractivity contribution is 0.0697. The van der Waals surface area contributed by atoms with E-state index in [4.69, 9.17) is 16.7 Å². The molecule has 0 unspecified atom stereocenters. The van der Waals surface area contributed by atoms with E-state index in [1.165, 1.54) is 19.1 Å². The molecule has 2 rings (SSSR count). The van der Waals surface area contributed by atoms with Gasteiger partial charge in [-0.05, 0) is 36.7 Å². The fourth-order valence-electron chi connectivity index (χ4n) is 1.55. The lowest BCUT2D eigenvalue weighted by atomic mass is 10.2. The minimum Gasteiger partial charge on any atom is -0.478 e. The van der Waals surface area contributed by atoms with Gasteiger partial charge in [-0.25, -0.2) is 9.18 Å². The van der Waals surface area contributed by atoms with Crippen molar-refractivity contribution in [3.8, 4) is 0 Å². The first-order valence-corrected chi connectivity index (χ1v) is 6.51. The van der Waals surface area contributed by atoms with Crippen LogP contribution < -0.4 is 5.32 Å². The highest BCUT2D eigenvalue weighted by atomic mass is 35.5. The van der Waals surface area contributed by atoms with Crippen molar-refractivity contribution in [2.45, 2.75) is 6.92 Å². The number of carboxylic acid groups (broad SMARTS) is 1. The molecule has 0 spiro atoms. The molecule has 0 aliphatic heterocycles. The second-order valence-electron chi connectivity index (χ2n) is 3.86. The van der Waals surface area contributed by atoms with E-state index >= 15 is 0 Å². The molecule has 1 heterocycles. The summed E-state index contributed by atoms with van der Waals surface area (Å²) in [5.41, 5.74) is -0.0879. The van der Waals surface area contributed by atoms with Crippen molar-refractivity contribution in [3.05, 3.63) is 45.9 Å². The Balaban J connectivity index is 2.33. The molecule has 0 bridgehead atoms. The van der Waals surface area contributed by atoms with Crippen molar-refractivity contribution in [1.82, 2.24) is 4.37 Å². The zero-order chi connectivity index (χ0) is 14.9. The Morgan fingerprint density at radius 1 is 1.45 bits per heavy atom. The van der Waals surface area contributed by atoms with E-state index in [1.54, 1.807) is 0 Å². The van der Waals surface area contributed by atoms with E-state index in [2.05, 4.69) is 9.69 Å². The summed E-state index contributed by atoms with van der Waals surface area (Å²) in [6, 6.07) is 3.54. The maximum Gasteiger partial charge on any atom is 0.340 e. The Morgan fingerprint density at radius 2 is 2.15 bits per heavy atom. The van der Waals surface area contributed by atoms with Crippen LogP contribution in [0.4, 0.5) is 9.39 Å². The minimum absolute atomic E-state index is 0.0550. The van der Waals surface area contributed by atoms with Gasteiger partial charge >= 0.3 is 5.97 Å². The number of hydrogen-bond donors (Lipinski definition) is 2. The van der Waals surface area contributed by atoms with Gasteiger partial charge in [0.15, 0.2) is 0 Å². The molecule has 1 aromatic carbocycles. The second-order valence-corrected chi connectivity index (χ2v) is 5.07. The number of carboxylic acids is 1. The smallest absolute Gasteiger partial charge is 0.340 e. The van der Waals surface area contributed by atoms with E-state index in [-0.39, 0.29) is 26.8 Å². The fraction of sp³-hybridized carbons (Fsp3) is 0.0833. The largest absolute Gasteiger partial charge is 0.478 e. The first-order chi connectivity index (χ1) is 9.40. The molecule has 0 radical (unpaired) electrons. The fourth-order valence-corrected chi connectivity index (χ4v) is 2.51. The number of halogens is 2. The molecule has 0 saturated heterocycles. The Labute approximate surface area is 122 Å². The zero-order valence-electron chi connectivity index (χ0n) is 10.1. The second kappa shape index (κ2) is 5.56. The molecule has 0 saturated carbocycles. The van der Waals surface area contributed by atoms with Gasteiger partial charge < -0.3 is 10.4 Å². The number of aromatic nitrogens is 1. The molecule has 0 fully saturated rings. The standard InChI is InChI=1S/C12H8ClFN2O3S/c1-5-9(12(18)19)11(20-16-5)15-10(17)7-4-6(13)2-3-8(7)14/h2-4H,1H3,(H,15,17)(H,18,19). The number of aromatic carboxylic acids is 1. The molecule has 0 aliphatic carbocycles. The number of hydrogen-bond acceptors (Lipinski definition) is 4. The maximum atomic E-state index is 13.5. The molecule has 2 aromatic rings. The topological polar surface area (TPSA) is 79.3 Å². The molecule has 20 heavy (non-hydrogen) atoms. The lowest BCUT2D eigenvalue weighted by Crippen LogP contribution is -2.15. The number of rotatable bonds is 3. The number of nitrogens with one attached hydrogen (secondary N) is 1. The average molecular weight is 315 g/mol. The summed E-state index contributed by atoms with van der Waals surface area (Å²) in [5.74, 6) is -2.74. The quantitative estimate of drug-likeness (QED) is 0.911. The number of carbonyl (C=O) groups is 2. The Hall–Kier alpha value is -1.99. The van der Waals surface area contributed by atoms with Gasteiger partial charge in [-0.15, -0.1) is 0 Å². The van der Waals surface area contributed by atoms with Gasteiger partial charge in [-0.2, -0.15) is 4.37 Å². The number of aryl methyl sites for hydroxylation is 1. The Bertz CT molecular complexity index is 702. The van der Waals surface area contributed by atoms with E-state index in [0.717, 1.165) is 17.6 Å². The van der Waals surface area contributed by atoms with Crippen LogP contribution in [0.5, 0.6) is 0 Å². The number of amides is 1. The van der Waals surface area contributed by atoms with Crippen LogP contribution in [0.15, 0.2) is 18.2 Å². The summed E-state index contributed by atoms with van der Waals surface area (Å²) in [4.78, 5) is 23.0.